The first-order valence-electron chi connectivity index (χ1n) is 9.73. The van der Waals surface area contributed by atoms with Crippen LogP contribution in [0.15, 0.2) is 53.0 Å². The first-order chi connectivity index (χ1) is 14.0. The van der Waals surface area contributed by atoms with Gasteiger partial charge in [-0.2, -0.15) is 0 Å². The number of benzene rings is 2. The van der Waals surface area contributed by atoms with Crippen LogP contribution in [0.4, 0.5) is 11.4 Å². The molecule has 0 radical (unpaired) electrons. The van der Waals surface area contributed by atoms with E-state index in [2.05, 4.69) is 26.6 Å². The maximum Gasteiger partial charge on any atom is 0.227 e. The van der Waals surface area contributed by atoms with Gasteiger partial charge in [0.15, 0.2) is 0 Å². The number of rotatable bonds is 6. The lowest BCUT2D eigenvalue weighted by Gasteiger charge is -2.17. The molecule has 1 saturated heterocycles. The van der Waals surface area contributed by atoms with Gasteiger partial charge in [0.2, 0.25) is 17.7 Å². The number of carbonyl (C=O) groups excluding carboxylic acids is 3. The third kappa shape index (κ3) is 4.85. The van der Waals surface area contributed by atoms with Crippen LogP contribution in [0.25, 0.3) is 0 Å². The molecule has 1 aliphatic carbocycles. The first kappa shape index (κ1) is 19.6. The number of amides is 3. The number of carbonyl (C=O) groups is 3. The van der Waals surface area contributed by atoms with Crippen molar-refractivity contribution in [3.8, 4) is 0 Å². The Morgan fingerprint density at radius 2 is 1.79 bits per heavy atom. The number of hydrogen-bond acceptors (Lipinski definition) is 3. The van der Waals surface area contributed by atoms with Crippen molar-refractivity contribution in [1.29, 1.82) is 0 Å². The summed E-state index contributed by atoms with van der Waals surface area (Å²) >= 11 is 3.38. The van der Waals surface area contributed by atoms with E-state index in [-0.39, 0.29) is 36.0 Å². The molecule has 1 unspecified atom stereocenters. The third-order valence-electron chi connectivity index (χ3n) is 5.24. The van der Waals surface area contributed by atoms with Crippen molar-refractivity contribution in [3.63, 3.8) is 0 Å². The van der Waals surface area contributed by atoms with E-state index >= 15 is 0 Å². The Hall–Kier alpha value is -2.67. The second-order valence-electron chi connectivity index (χ2n) is 7.56. The lowest BCUT2D eigenvalue weighted by molar-refractivity contribution is -0.126. The molecule has 1 saturated carbocycles. The van der Waals surface area contributed by atoms with E-state index in [9.17, 15) is 14.4 Å². The van der Waals surface area contributed by atoms with Crippen molar-refractivity contribution >= 4 is 45.0 Å². The second-order valence-corrected chi connectivity index (χ2v) is 8.48. The van der Waals surface area contributed by atoms with Crippen molar-refractivity contribution in [3.05, 3.63) is 58.6 Å². The molecule has 2 fully saturated rings. The average Bonchev–Trinajstić information content (AvgIpc) is 3.49. The number of hydrogen-bond donors (Lipinski definition) is 2. The van der Waals surface area contributed by atoms with E-state index in [4.69, 9.17) is 0 Å². The van der Waals surface area contributed by atoms with Gasteiger partial charge in [-0.05, 0) is 54.8 Å². The molecule has 2 aromatic carbocycles. The zero-order valence-electron chi connectivity index (χ0n) is 15.9. The molecule has 3 amide bonds. The number of nitrogens with zero attached hydrogens (tertiary/aromatic N) is 1. The Kier molecular flexibility index (Phi) is 5.67. The maximum atomic E-state index is 12.6. The van der Waals surface area contributed by atoms with Crippen molar-refractivity contribution in [2.45, 2.75) is 25.8 Å². The van der Waals surface area contributed by atoms with E-state index < -0.39 is 0 Å². The Morgan fingerprint density at radius 1 is 1.03 bits per heavy atom. The fourth-order valence-corrected chi connectivity index (χ4v) is 3.70. The molecule has 0 spiro atoms. The topological polar surface area (TPSA) is 78.5 Å². The van der Waals surface area contributed by atoms with Crippen LogP contribution >= 0.6 is 15.9 Å². The van der Waals surface area contributed by atoms with Crippen molar-refractivity contribution in [2.24, 2.45) is 11.8 Å². The van der Waals surface area contributed by atoms with Gasteiger partial charge >= 0.3 is 0 Å². The molecule has 150 valence electrons. The van der Waals surface area contributed by atoms with Gasteiger partial charge < -0.3 is 15.5 Å². The summed E-state index contributed by atoms with van der Waals surface area (Å²) in [4.78, 5) is 38.5. The van der Waals surface area contributed by atoms with Crippen LogP contribution in [0.5, 0.6) is 0 Å². The quantitative estimate of drug-likeness (QED) is 0.699. The van der Waals surface area contributed by atoms with E-state index in [1.165, 1.54) is 0 Å². The summed E-state index contributed by atoms with van der Waals surface area (Å²) < 4.78 is 0.942. The molecular formula is C22H22BrN3O3. The highest BCUT2D eigenvalue weighted by molar-refractivity contribution is 9.10. The van der Waals surface area contributed by atoms with Gasteiger partial charge in [0.25, 0.3) is 0 Å². The van der Waals surface area contributed by atoms with Crippen LogP contribution in [0.1, 0.15) is 24.8 Å². The molecule has 1 aliphatic heterocycles. The highest BCUT2D eigenvalue weighted by Crippen LogP contribution is 2.30. The molecule has 1 heterocycles. The Morgan fingerprint density at radius 3 is 2.52 bits per heavy atom. The smallest absolute Gasteiger partial charge is 0.227 e. The van der Waals surface area contributed by atoms with Crippen LogP contribution < -0.4 is 15.5 Å². The molecular weight excluding hydrogens is 434 g/mol. The SMILES string of the molecule is O=C(NCc1cccc(NC(=O)C2CC2)c1)C1CC(=O)N(c2ccc(Br)cc2)C1. The predicted molar refractivity (Wildman–Crippen MR) is 114 cm³/mol. The molecule has 7 heteroatoms. The minimum Gasteiger partial charge on any atom is -0.352 e. The van der Waals surface area contributed by atoms with E-state index in [0.29, 0.717) is 13.1 Å². The standard InChI is InChI=1S/C22H22BrN3O3/c23-17-6-8-19(9-7-17)26-13-16(11-20(26)27)21(28)24-12-14-2-1-3-18(10-14)25-22(29)15-4-5-15/h1-3,6-10,15-16H,4-5,11-13H2,(H,24,28)(H,25,29). The third-order valence-corrected chi connectivity index (χ3v) is 5.77. The Bertz CT molecular complexity index is 941. The van der Waals surface area contributed by atoms with Crippen LogP contribution in [-0.2, 0) is 20.9 Å². The zero-order chi connectivity index (χ0) is 20.4. The second kappa shape index (κ2) is 8.37. The van der Waals surface area contributed by atoms with Gasteiger partial charge in [0.1, 0.15) is 0 Å². The van der Waals surface area contributed by atoms with E-state index in [0.717, 1.165) is 34.3 Å². The number of anilines is 2. The first-order valence-corrected chi connectivity index (χ1v) is 10.5. The fraction of sp³-hybridized carbons (Fsp3) is 0.318. The summed E-state index contributed by atoms with van der Waals surface area (Å²) in [6, 6.07) is 15.0. The van der Waals surface area contributed by atoms with Gasteiger partial charge in [-0.1, -0.05) is 28.1 Å². The van der Waals surface area contributed by atoms with Gasteiger partial charge in [-0.3, -0.25) is 14.4 Å². The molecule has 2 aromatic rings. The minimum absolute atomic E-state index is 0.0442. The van der Waals surface area contributed by atoms with Gasteiger partial charge in [0, 0.05) is 41.3 Å². The van der Waals surface area contributed by atoms with E-state index in [1.54, 1.807) is 4.90 Å². The maximum absolute atomic E-state index is 12.6. The van der Waals surface area contributed by atoms with Gasteiger partial charge in [-0.25, -0.2) is 0 Å². The summed E-state index contributed by atoms with van der Waals surface area (Å²) in [5.41, 5.74) is 2.44. The highest BCUT2D eigenvalue weighted by Gasteiger charge is 2.35. The van der Waals surface area contributed by atoms with Crippen LogP contribution in [0.3, 0.4) is 0 Å². The van der Waals surface area contributed by atoms with Crippen molar-refractivity contribution in [1.82, 2.24) is 5.32 Å². The predicted octanol–water partition coefficient (Wildman–Crippen LogP) is 3.47. The molecule has 0 aromatic heterocycles. The molecule has 29 heavy (non-hydrogen) atoms. The Balaban J connectivity index is 1.32. The summed E-state index contributed by atoms with van der Waals surface area (Å²) in [6.45, 7) is 0.735. The average molecular weight is 456 g/mol. The van der Waals surface area contributed by atoms with Gasteiger partial charge in [-0.15, -0.1) is 0 Å². The van der Waals surface area contributed by atoms with Crippen LogP contribution in [0.2, 0.25) is 0 Å². The molecule has 0 bridgehead atoms. The number of nitrogens with one attached hydrogen (secondary N) is 2. The zero-order valence-corrected chi connectivity index (χ0v) is 17.4. The molecule has 4 rings (SSSR count). The van der Waals surface area contributed by atoms with Gasteiger partial charge in [0.05, 0.1) is 5.92 Å². The lowest BCUT2D eigenvalue weighted by atomic mass is 10.1. The summed E-state index contributed by atoms with van der Waals surface area (Å²) in [5.74, 6) is -0.345. The molecule has 1 atom stereocenters. The summed E-state index contributed by atoms with van der Waals surface area (Å²) in [5, 5.41) is 5.83. The monoisotopic (exact) mass is 455 g/mol. The van der Waals surface area contributed by atoms with Crippen molar-refractivity contribution < 1.29 is 14.4 Å². The molecule has 2 aliphatic rings. The molecule has 6 nitrogen and oxygen atoms in total. The lowest BCUT2D eigenvalue weighted by Crippen LogP contribution is -2.32. The normalized spacial score (nSPS) is 18.6. The minimum atomic E-state index is -0.371. The number of halogens is 1. The Labute approximate surface area is 177 Å². The highest BCUT2D eigenvalue weighted by atomic mass is 79.9. The molecule has 2 N–H and O–H groups in total. The van der Waals surface area contributed by atoms with Crippen molar-refractivity contribution in [2.75, 3.05) is 16.8 Å². The summed E-state index contributed by atoms with van der Waals surface area (Å²) in [6.07, 6.45) is 2.12. The van der Waals surface area contributed by atoms with Crippen LogP contribution in [0, 0.1) is 11.8 Å². The van der Waals surface area contributed by atoms with E-state index in [1.807, 2.05) is 48.5 Å². The van der Waals surface area contributed by atoms with Crippen LogP contribution in [-0.4, -0.2) is 24.3 Å². The fourth-order valence-electron chi connectivity index (χ4n) is 3.44. The summed E-state index contributed by atoms with van der Waals surface area (Å²) in [7, 11) is 0. The largest absolute Gasteiger partial charge is 0.352 e.